The summed E-state index contributed by atoms with van der Waals surface area (Å²) in [5.74, 6) is 0.638. The first-order valence-electron chi connectivity index (χ1n) is 16.2. The maximum atomic E-state index is 15.3. The van der Waals surface area contributed by atoms with Crippen molar-refractivity contribution in [3.8, 4) is 5.75 Å². The molecule has 0 spiro atoms. The highest BCUT2D eigenvalue weighted by Crippen LogP contribution is 2.49. The number of benzene rings is 2. The molecule has 0 N–H and O–H groups in total. The number of amides is 1. The van der Waals surface area contributed by atoms with Gasteiger partial charge in [-0.1, -0.05) is 37.6 Å². The van der Waals surface area contributed by atoms with Gasteiger partial charge in [-0.25, -0.2) is 4.39 Å². The Bertz CT molecular complexity index is 1480. The quantitative estimate of drug-likeness (QED) is 0.275. The zero-order chi connectivity index (χ0) is 31.0. The fourth-order valence-corrected chi connectivity index (χ4v) is 7.45. The molecule has 3 heterocycles. The number of hydrogen-bond acceptors (Lipinski definition) is 6. The van der Waals surface area contributed by atoms with Crippen molar-refractivity contribution in [1.29, 1.82) is 0 Å². The van der Waals surface area contributed by atoms with Crippen molar-refractivity contribution in [1.82, 2.24) is 9.80 Å². The molecule has 0 radical (unpaired) electrons. The van der Waals surface area contributed by atoms with Crippen LogP contribution in [0.4, 0.5) is 4.39 Å². The molecule has 1 amide bonds. The number of likely N-dealkylation sites (tertiary alicyclic amines) is 1. The van der Waals surface area contributed by atoms with E-state index in [0.29, 0.717) is 23.4 Å². The van der Waals surface area contributed by atoms with Crippen LogP contribution in [0.15, 0.2) is 59.4 Å². The number of carbonyl (C=O) groups is 1. The average molecular weight is 602 g/mol. The Morgan fingerprint density at radius 1 is 1.14 bits per heavy atom. The fraction of sp³-hybridized carbons (Fsp3) is 0.528. The number of carbonyl (C=O) groups excluding carboxylic acids is 1. The first kappa shape index (κ1) is 30.5. The van der Waals surface area contributed by atoms with Gasteiger partial charge in [0.1, 0.15) is 17.7 Å². The van der Waals surface area contributed by atoms with Crippen LogP contribution >= 0.6 is 0 Å². The molecule has 3 aliphatic heterocycles. The van der Waals surface area contributed by atoms with Crippen LogP contribution in [0, 0.1) is 16.7 Å². The molecule has 4 aliphatic rings. The molecule has 44 heavy (non-hydrogen) atoms. The summed E-state index contributed by atoms with van der Waals surface area (Å²) in [7, 11) is 3.44. The Morgan fingerprint density at radius 2 is 1.95 bits per heavy atom. The first-order chi connectivity index (χ1) is 21.3. The minimum absolute atomic E-state index is 0.0346. The summed E-state index contributed by atoms with van der Waals surface area (Å²) in [5.41, 5.74) is 5.92. The third-order valence-electron chi connectivity index (χ3n) is 10.2. The standard InChI is InChI=1S/C36H44FN3O4/c1-22-7-5-6-16-40(22)20-28-17-26(30-19-34(43-4)39(3)21-31(30)37)12-14-29(28)32-15-13-24-8-11-27(18-33(24)44-32)35(25-9-10-25)23(2)36(41)38-42/h8,11-12,14,17-19,22-23,25,32,35H,5-7,9-10,13,15-16,20-21H2,1-4H3/t22-,23+,32?,35?/m1/s1. The summed E-state index contributed by atoms with van der Waals surface area (Å²) in [4.78, 5) is 27.7. The number of rotatable bonds is 9. The smallest absolute Gasteiger partial charge is 0.289 e. The number of hydrogen-bond donors (Lipinski definition) is 0. The minimum Gasteiger partial charge on any atom is -0.485 e. The van der Waals surface area contributed by atoms with E-state index in [9.17, 15) is 9.70 Å². The van der Waals surface area contributed by atoms with E-state index in [4.69, 9.17) is 9.47 Å². The number of halogens is 1. The number of methoxy groups -OCH3 is 1. The molecule has 1 saturated carbocycles. The number of allylic oxidation sites excluding steroid dienone is 2. The molecule has 2 aromatic rings. The Kier molecular flexibility index (Phi) is 8.90. The van der Waals surface area contributed by atoms with Gasteiger partial charge in [0, 0.05) is 42.4 Å². The largest absolute Gasteiger partial charge is 0.485 e. The third kappa shape index (κ3) is 6.19. The van der Waals surface area contributed by atoms with Gasteiger partial charge < -0.3 is 14.4 Å². The predicted octanol–water partition coefficient (Wildman–Crippen LogP) is 7.66. The van der Waals surface area contributed by atoms with Crippen LogP contribution in [-0.4, -0.2) is 49.0 Å². The zero-order valence-corrected chi connectivity index (χ0v) is 26.4. The van der Waals surface area contributed by atoms with E-state index in [2.05, 4.69) is 47.3 Å². The van der Waals surface area contributed by atoms with Crippen molar-refractivity contribution < 1.29 is 18.7 Å². The van der Waals surface area contributed by atoms with Crippen LogP contribution in [0.25, 0.3) is 5.57 Å². The molecule has 0 aromatic heterocycles. The number of nitroso groups, excluding NO2 is 1. The second-order valence-electron chi connectivity index (χ2n) is 13.2. The molecule has 4 atom stereocenters. The summed E-state index contributed by atoms with van der Waals surface area (Å²) in [6.07, 6.45) is 9.11. The Morgan fingerprint density at radius 3 is 2.68 bits per heavy atom. The molecule has 8 heteroatoms. The number of ether oxygens (including phenoxy) is 2. The Hall–Kier alpha value is -3.52. The summed E-state index contributed by atoms with van der Waals surface area (Å²) in [6.45, 7) is 6.13. The highest BCUT2D eigenvalue weighted by atomic mass is 19.1. The van der Waals surface area contributed by atoms with Gasteiger partial charge in [0.15, 0.2) is 5.88 Å². The maximum Gasteiger partial charge on any atom is 0.289 e. The van der Waals surface area contributed by atoms with Gasteiger partial charge in [-0.2, -0.15) is 0 Å². The van der Waals surface area contributed by atoms with Crippen LogP contribution < -0.4 is 4.74 Å². The van der Waals surface area contributed by atoms with Gasteiger partial charge in [0.25, 0.3) is 5.91 Å². The topological polar surface area (TPSA) is 71.4 Å². The lowest BCUT2D eigenvalue weighted by atomic mass is 9.82. The van der Waals surface area contributed by atoms with Gasteiger partial charge in [0.05, 0.1) is 13.7 Å². The predicted molar refractivity (Wildman–Crippen MR) is 169 cm³/mol. The molecule has 1 saturated heterocycles. The normalized spacial score (nSPS) is 23.8. The first-order valence-corrected chi connectivity index (χ1v) is 16.2. The van der Waals surface area contributed by atoms with Gasteiger partial charge in [-0.15, -0.1) is 4.91 Å². The van der Waals surface area contributed by atoms with Gasteiger partial charge in [0.2, 0.25) is 0 Å². The highest BCUT2D eigenvalue weighted by Gasteiger charge is 2.39. The summed E-state index contributed by atoms with van der Waals surface area (Å²) >= 11 is 0. The summed E-state index contributed by atoms with van der Waals surface area (Å²) in [6, 6.07) is 13.1. The van der Waals surface area contributed by atoms with E-state index >= 15 is 4.39 Å². The van der Waals surface area contributed by atoms with Crippen molar-refractivity contribution in [2.24, 2.45) is 17.0 Å². The number of fused-ring (bicyclic) bond motifs is 1. The number of likely N-dealkylation sites (N-methyl/N-ethyl adjacent to an activating group) is 1. The molecule has 2 aromatic carbocycles. The fourth-order valence-electron chi connectivity index (χ4n) is 7.45. The molecular formula is C36H44FN3O4. The van der Waals surface area contributed by atoms with Crippen LogP contribution in [0.5, 0.6) is 5.75 Å². The average Bonchev–Trinajstić information content (AvgIpc) is 3.87. The Labute approximate surface area is 260 Å². The molecule has 2 unspecified atom stereocenters. The minimum atomic E-state index is -0.585. The van der Waals surface area contributed by atoms with Crippen molar-refractivity contribution in [3.05, 3.63) is 86.9 Å². The van der Waals surface area contributed by atoms with E-state index < -0.39 is 11.8 Å². The molecule has 0 bridgehead atoms. The SMILES string of the molecule is COC1=CC(c2ccc(C3CCc4ccc(C(C5CC5)[C@H](C)C(=O)N=O)cc4O3)c(CN3CCCC[C@H]3C)c2)=C(F)CN1C. The van der Waals surface area contributed by atoms with Crippen molar-refractivity contribution in [3.63, 3.8) is 0 Å². The summed E-state index contributed by atoms with van der Waals surface area (Å²) in [5, 5.41) is 2.74. The van der Waals surface area contributed by atoms with E-state index in [1.165, 1.54) is 24.8 Å². The second kappa shape index (κ2) is 12.8. The second-order valence-corrected chi connectivity index (χ2v) is 13.2. The molecule has 6 rings (SSSR count). The van der Waals surface area contributed by atoms with Crippen LogP contribution in [-0.2, 0) is 22.5 Å². The lowest BCUT2D eigenvalue weighted by molar-refractivity contribution is -0.122. The maximum absolute atomic E-state index is 15.3. The van der Waals surface area contributed by atoms with Gasteiger partial charge >= 0.3 is 0 Å². The molecule has 2 fully saturated rings. The zero-order valence-electron chi connectivity index (χ0n) is 26.4. The molecule has 7 nitrogen and oxygen atoms in total. The van der Waals surface area contributed by atoms with E-state index in [1.54, 1.807) is 18.1 Å². The van der Waals surface area contributed by atoms with Crippen LogP contribution in [0.2, 0.25) is 0 Å². The number of piperidine rings is 1. The van der Waals surface area contributed by atoms with Crippen molar-refractivity contribution >= 4 is 11.5 Å². The van der Waals surface area contributed by atoms with Gasteiger partial charge in [-0.05, 0) is 104 Å². The molecule has 1 aliphatic carbocycles. The highest BCUT2D eigenvalue weighted by molar-refractivity contribution is 5.80. The van der Waals surface area contributed by atoms with Crippen LogP contribution in [0.3, 0.4) is 0 Å². The lowest BCUT2D eigenvalue weighted by Crippen LogP contribution is -2.37. The number of nitrogens with zero attached hydrogens (tertiary/aromatic N) is 3. The Balaban J connectivity index is 1.33. The number of aryl methyl sites for hydroxylation is 1. The third-order valence-corrected chi connectivity index (χ3v) is 10.2. The van der Waals surface area contributed by atoms with Crippen LogP contribution in [0.1, 0.15) is 92.2 Å². The van der Waals surface area contributed by atoms with Crippen molar-refractivity contribution in [2.75, 3.05) is 27.2 Å². The molecule has 234 valence electrons. The lowest BCUT2D eigenvalue weighted by Gasteiger charge is -2.35. The molecular weight excluding hydrogens is 557 g/mol. The monoisotopic (exact) mass is 601 g/mol. The van der Waals surface area contributed by atoms with Crippen molar-refractivity contribution in [2.45, 2.75) is 83.4 Å². The van der Waals surface area contributed by atoms with Gasteiger partial charge in [-0.3, -0.25) is 9.69 Å². The van der Waals surface area contributed by atoms with E-state index in [1.807, 2.05) is 20.0 Å². The van der Waals surface area contributed by atoms with E-state index in [-0.39, 0.29) is 24.4 Å². The summed E-state index contributed by atoms with van der Waals surface area (Å²) < 4.78 is 27.6. The van der Waals surface area contributed by atoms with E-state index in [0.717, 1.165) is 66.8 Å².